The predicted molar refractivity (Wildman–Crippen MR) is 106 cm³/mol. The van der Waals surface area contributed by atoms with E-state index in [0.717, 1.165) is 29.4 Å². The third-order valence-corrected chi connectivity index (χ3v) is 5.65. The van der Waals surface area contributed by atoms with Crippen LogP contribution in [-0.2, 0) is 11.2 Å². The molecule has 3 aromatic rings. The Bertz CT molecular complexity index is 920. The molecule has 1 saturated heterocycles. The first-order chi connectivity index (χ1) is 13.2. The number of piperazine rings is 1. The van der Waals surface area contributed by atoms with Gasteiger partial charge in [0.2, 0.25) is 5.91 Å². The number of rotatable bonds is 4. The summed E-state index contributed by atoms with van der Waals surface area (Å²) in [6, 6.07) is 16.6. The molecule has 0 bridgehead atoms. The lowest BCUT2D eigenvalue weighted by atomic mass is 10.2. The molecular weight excluding hydrogens is 361 g/mol. The second-order valence-corrected chi connectivity index (χ2v) is 7.39. The van der Waals surface area contributed by atoms with Crippen LogP contribution in [0.2, 0.25) is 0 Å². The number of hydrogen-bond acceptors (Lipinski definition) is 4. The van der Waals surface area contributed by atoms with Crippen molar-refractivity contribution in [3.05, 3.63) is 71.5 Å². The van der Waals surface area contributed by atoms with Gasteiger partial charge in [-0.25, -0.2) is 9.37 Å². The van der Waals surface area contributed by atoms with Crippen LogP contribution in [0.25, 0.3) is 10.6 Å². The number of amides is 1. The molecule has 2 heterocycles. The first-order valence-corrected chi connectivity index (χ1v) is 9.85. The molecule has 0 N–H and O–H groups in total. The molecular formula is C21H20FN3OS. The van der Waals surface area contributed by atoms with E-state index in [9.17, 15) is 9.18 Å². The van der Waals surface area contributed by atoms with Crippen molar-refractivity contribution in [3.8, 4) is 10.6 Å². The van der Waals surface area contributed by atoms with Crippen LogP contribution in [0, 0.1) is 5.82 Å². The van der Waals surface area contributed by atoms with Crippen LogP contribution in [0.5, 0.6) is 0 Å². The minimum absolute atomic E-state index is 0.0961. The number of aromatic nitrogens is 1. The van der Waals surface area contributed by atoms with Gasteiger partial charge in [0.25, 0.3) is 0 Å². The molecule has 4 rings (SSSR count). The van der Waals surface area contributed by atoms with Gasteiger partial charge in [-0.15, -0.1) is 11.3 Å². The normalized spacial score (nSPS) is 14.4. The highest BCUT2D eigenvalue weighted by molar-refractivity contribution is 7.13. The Labute approximate surface area is 161 Å². The van der Waals surface area contributed by atoms with E-state index < -0.39 is 0 Å². The number of carbonyl (C=O) groups is 1. The van der Waals surface area contributed by atoms with Gasteiger partial charge < -0.3 is 9.80 Å². The molecule has 1 aliphatic rings. The van der Waals surface area contributed by atoms with E-state index in [2.05, 4.69) is 22.0 Å². The third-order valence-electron chi connectivity index (χ3n) is 4.71. The molecule has 2 aromatic carbocycles. The highest BCUT2D eigenvalue weighted by Gasteiger charge is 2.22. The van der Waals surface area contributed by atoms with Gasteiger partial charge in [0, 0.05) is 42.8 Å². The maximum absolute atomic E-state index is 13.4. The topological polar surface area (TPSA) is 36.4 Å². The van der Waals surface area contributed by atoms with Crippen molar-refractivity contribution in [2.45, 2.75) is 6.42 Å². The van der Waals surface area contributed by atoms with E-state index in [4.69, 9.17) is 0 Å². The zero-order valence-corrected chi connectivity index (χ0v) is 15.7. The maximum atomic E-state index is 13.4. The van der Waals surface area contributed by atoms with Crippen LogP contribution in [0.15, 0.2) is 60.0 Å². The van der Waals surface area contributed by atoms with Crippen molar-refractivity contribution in [1.29, 1.82) is 0 Å². The first-order valence-electron chi connectivity index (χ1n) is 8.97. The smallest absolute Gasteiger partial charge is 0.228 e. The summed E-state index contributed by atoms with van der Waals surface area (Å²) in [5.41, 5.74) is 2.69. The zero-order valence-electron chi connectivity index (χ0n) is 14.8. The van der Waals surface area contributed by atoms with E-state index in [1.807, 2.05) is 34.5 Å². The Hall–Kier alpha value is -2.73. The summed E-state index contributed by atoms with van der Waals surface area (Å²) < 4.78 is 13.4. The van der Waals surface area contributed by atoms with Crippen molar-refractivity contribution in [1.82, 2.24) is 9.88 Å². The van der Waals surface area contributed by atoms with Crippen molar-refractivity contribution in [2.75, 3.05) is 31.1 Å². The highest BCUT2D eigenvalue weighted by Crippen LogP contribution is 2.25. The van der Waals surface area contributed by atoms with E-state index in [0.29, 0.717) is 13.1 Å². The summed E-state index contributed by atoms with van der Waals surface area (Å²) in [5.74, 6) is -0.185. The molecule has 6 heteroatoms. The van der Waals surface area contributed by atoms with Crippen molar-refractivity contribution >= 4 is 22.9 Å². The van der Waals surface area contributed by atoms with E-state index in [1.165, 1.54) is 29.2 Å². The minimum atomic E-state index is -0.281. The molecule has 1 aliphatic heterocycles. The van der Waals surface area contributed by atoms with Gasteiger partial charge in [0.1, 0.15) is 10.8 Å². The van der Waals surface area contributed by atoms with Gasteiger partial charge in [-0.2, -0.15) is 0 Å². The predicted octanol–water partition coefficient (Wildman–Crippen LogP) is 3.84. The fraction of sp³-hybridized carbons (Fsp3) is 0.238. The Kier molecular flexibility index (Phi) is 5.16. The molecule has 1 fully saturated rings. The van der Waals surface area contributed by atoms with Crippen molar-refractivity contribution in [3.63, 3.8) is 0 Å². The Morgan fingerprint density at radius 2 is 1.81 bits per heavy atom. The van der Waals surface area contributed by atoms with Gasteiger partial charge in [-0.1, -0.05) is 30.3 Å². The number of benzene rings is 2. The van der Waals surface area contributed by atoms with E-state index in [1.54, 1.807) is 6.07 Å². The lowest BCUT2D eigenvalue weighted by Crippen LogP contribution is -2.49. The summed E-state index contributed by atoms with van der Waals surface area (Å²) in [6.07, 6.45) is 0.289. The summed E-state index contributed by atoms with van der Waals surface area (Å²) in [5, 5.41) is 2.63. The molecule has 27 heavy (non-hydrogen) atoms. The number of nitrogens with zero attached hydrogens (tertiary/aromatic N) is 3. The van der Waals surface area contributed by atoms with Crippen LogP contribution in [0.1, 0.15) is 5.69 Å². The summed E-state index contributed by atoms with van der Waals surface area (Å²) in [6.45, 7) is 3.10. The largest absolute Gasteiger partial charge is 0.368 e. The lowest BCUT2D eigenvalue weighted by molar-refractivity contribution is -0.130. The highest BCUT2D eigenvalue weighted by atomic mass is 32.1. The molecule has 0 spiro atoms. The van der Waals surface area contributed by atoms with Gasteiger partial charge in [-0.3, -0.25) is 4.79 Å². The average Bonchev–Trinajstić information content (AvgIpc) is 3.17. The molecule has 1 amide bonds. The van der Waals surface area contributed by atoms with Gasteiger partial charge in [0.15, 0.2) is 0 Å². The van der Waals surface area contributed by atoms with E-state index in [-0.39, 0.29) is 18.1 Å². The molecule has 0 saturated carbocycles. The van der Waals surface area contributed by atoms with Gasteiger partial charge >= 0.3 is 0 Å². The van der Waals surface area contributed by atoms with E-state index >= 15 is 0 Å². The van der Waals surface area contributed by atoms with Crippen LogP contribution in [-0.4, -0.2) is 42.0 Å². The summed E-state index contributed by atoms with van der Waals surface area (Å²) >= 11 is 1.44. The molecule has 4 nitrogen and oxygen atoms in total. The quantitative estimate of drug-likeness (QED) is 0.689. The molecule has 0 unspecified atom stereocenters. The zero-order chi connectivity index (χ0) is 18.6. The second kappa shape index (κ2) is 7.88. The maximum Gasteiger partial charge on any atom is 0.228 e. The molecule has 138 valence electrons. The minimum Gasteiger partial charge on any atom is -0.368 e. The molecule has 0 radical (unpaired) electrons. The van der Waals surface area contributed by atoms with Crippen LogP contribution >= 0.6 is 11.3 Å². The first kappa shape index (κ1) is 17.7. The Morgan fingerprint density at radius 3 is 2.56 bits per heavy atom. The number of halogens is 1. The number of carbonyl (C=O) groups excluding carboxylic acids is 1. The molecule has 0 atom stereocenters. The Balaban J connectivity index is 1.35. The van der Waals surface area contributed by atoms with Crippen LogP contribution in [0.3, 0.4) is 0 Å². The SMILES string of the molecule is O=C(Cc1csc(-c2cccc(F)c2)n1)N1CCN(c2ccccc2)CC1. The number of hydrogen-bond donors (Lipinski definition) is 0. The number of thiazole rings is 1. The van der Waals surface area contributed by atoms with Crippen molar-refractivity contribution < 1.29 is 9.18 Å². The fourth-order valence-electron chi connectivity index (χ4n) is 3.26. The Morgan fingerprint density at radius 1 is 1.04 bits per heavy atom. The van der Waals surface area contributed by atoms with Crippen LogP contribution < -0.4 is 4.90 Å². The third kappa shape index (κ3) is 4.17. The van der Waals surface area contributed by atoms with Gasteiger partial charge in [0.05, 0.1) is 12.1 Å². The van der Waals surface area contributed by atoms with Gasteiger partial charge in [-0.05, 0) is 24.3 Å². The molecule has 0 aliphatic carbocycles. The fourth-order valence-corrected chi connectivity index (χ4v) is 4.08. The standard InChI is InChI=1S/C21H20FN3OS/c22-17-6-4-5-16(13-17)21-23-18(15-27-21)14-20(26)25-11-9-24(10-12-25)19-7-2-1-3-8-19/h1-8,13,15H,9-12,14H2. The van der Waals surface area contributed by atoms with Crippen molar-refractivity contribution in [2.24, 2.45) is 0 Å². The average molecular weight is 381 g/mol. The monoisotopic (exact) mass is 381 g/mol. The molecule has 1 aromatic heterocycles. The number of para-hydroxylation sites is 1. The van der Waals surface area contributed by atoms with Crippen LogP contribution in [0.4, 0.5) is 10.1 Å². The summed E-state index contributed by atoms with van der Waals surface area (Å²) in [4.78, 5) is 21.3. The second-order valence-electron chi connectivity index (χ2n) is 6.53. The lowest BCUT2D eigenvalue weighted by Gasteiger charge is -2.36. The number of anilines is 1. The summed E-state index contributed by atoms with van der Waals surface area (Å²) in [7, 11) is 0.